The van der Waals surface area contributed by atoms with Gasteiger partial charge in [0.05, 0.1) is 6.42 Å². The van der Waals surface area contributed by atoms with Gasteiger partial charge >= 0.3 is 5.97 Å². The predicted molar refractivity (Wildman–Crippen MR) is 94.9 cm³/mol. The normalized spacial score (nSPS) is 11.9. The van der Waals surface area contributed by atoms with Crippen molar-refractivity contribution in [3.05, 3.63) is 64.9 Å². The molecule has 132 valence electrons. The number of anilines is 1. The second kappa shape index (κ2) is 8.62. The Morgan fingerprint density at radius 1 is 1.08 bits per heavy atom. The summed E-state index contributed by atoms with van der Waals surface area (Å²) < 4.78 is 18.3. The van der Waals surface area contributed by atoms with E-state index in [2.05, 4.69) is 5.32 Å². The van der Waals surface area contributed by atoms with Crippen LogP contribution in [0.5, 0.6) is 0 Å². The Labute approximate surface area is 150 Å². The number of ether oxygens (including phenoxy) is 1. The third kappa shape index (κ3) is 5.87. The molecule has 0 heterocycles. The number of halogens is 2. The summed E-state index contributed by atoms with van der Waals surface area (Å²) in [5.74, 6) is -1.57. The molecule has 0 aliphatic heterocycles. The number of hydrogen-bond donors (Lipinski definition) is 1. The standard InChI is InChI=1S/C19H19ClFNO3/c1-12(2)18(19(24)22-16-9-7-15(21)8-10-16)25-17(23)11-13-3-5-14(20)6-4-13/h3-10,12,18H,11H2,1-2H3,(H,22,24). The van der Waals surface area contributed by atoms with Crippen LogP contribution >= 0.6 is 11.6 Å². The number of amides is 1. The fraction of sp³-hybridized carbons (Fsp3) is 0.263. The maximum atomic E-state index is 12.9. The first-order chi connectivity index (χ1) is 11.8. The Balaban J connectivity index is 1.99. The molecule has 6 heteroatoms. The quantitative estimate of drug-likeness (QED) is 0.781. The Kier molecular flexibility index (Phi) is 6.53. The van der Waals surface area contributed by atoms with Gasteiger partial charge in [-0.2, -0.15) is 0 Å². The number of benzene rings is 2. The highest BCUT2D eigenvalue weighted by Crippen LogP contribution is 2.15. The van der Waals surface area contributed by atoms with Crippen LogP contribution in [0.3, 0.4) is 0 Å². The van der Waals surface area contributed by atoms with Crippen molar-refractivity contribution in [3.63, 3.8) is 0 Å². The van der Waals surface area contributed by atoms with Gasteiger partial charge in [-0.1, -0.05) is 37.6 Å². The number of esters is 1. The van der Waals surface area contributed by atoms with Crippen LogP contribution in [0.25, 0.3) is 0 Å². The molecule has 2 aromatic rings. The summed E-state index contributed by atoms with van der Waals surface area (Å²) in [7, 11) is 0. The summed E-state index contributed by atoms with van der Waals surface area (Å²) in [6.45, 7) is 3.56. The molecule has 0 aliphatic rings. The van der Waals surface area contributed by atoms with Gasteiger partial charge in [0.25, 0.3) is 5.91 Å². The van der Waals surface area contributed by atoms with Gasteiger partial charge in [-0.3, -0.25) is 9.59 Å². The van der Waals surface area contributed by atoms with Gasteiger partial charge in [-0.25, -0.2) is 4.39 Å². The van der Waals surface area contributed by atoms with Gasteiger partial charge in [0, 0.05) is 10.7 Å². The van der Waals surface area contributed by atoms with Crippen molar-refractivity contribution >= 4 is 29.2 Å². The van der Waals surface area contributed by atoms with E-state index in [0.717, 1.165) is 5.56 Å². The molecule has 1 atom stereocenters. The van der Waals surface area contributed by atoms with Crippen LogP contribution in [-0.2, 0) is 20.7 Å². The van der Waals surface area contributed by atoms with E-state index in [1.165, 1.54) is 24.3 Å². The predicted octanol–water partition coefficient (Wildman–Crippen LogP) is 4.23. The summed E-state index contributed by atoms with van der Waals surface area (Å²) >= 11 is 5.81. The van der Waals surface area contributed by atoms with Crippen LogP contribution in [-0.4, -0.2) is 18.0 Å². The highest BCUT2D eigenvalue weighted by molar-refractivity contribution is 6.30. The zero-order valence-electron chi connectivity index (χ0n) is 14.0. The third-order valence-electron chi connectivity index (χ3n) is 3.50. The SMILES string of the molecule is CC(C)C(OC(=O)Cc1ccc(Cl)cc1)C(=O)Nc1ccc(F)cc1. The third-order valence-corrected chi connectivity index (χ3v) is 3.75. The maximum absolute atomic E-state index is 12.9. The van der Waals surface area contributed by atoms with Gasteiger partial charge in [-0.15, -0.1) is 0 Å². The van der Waals surface area contributed by atoms with Crippen molar-refractivity contribution in [1.82, 2.24) is 0 Å². The van der Waals surface area contributed by atoms with Crippen molar-refractivity contribution in [3.8, 4) is 0 Å². The van der Waals surface area contributed by atoms with E-state index >= 15 is 0 Å². The van der Waals surface area contributed by atoms with Crippen LogP contribution in [0, 0.1) is 11.7 Å². The number of carbonyl (C=O) groups is 2. The van der Waals surface area contributed by atoms with Crippen molar-refractivity contribution in [2.75, 3.05) is 5.32 Å². The molecular formula is C19H19ClFNO3. The summed E-state index contributed by atoms with van der Waals surface area (Å²) in [6, 6.07) is 12.2. The monoisotopic (exact) mass is 363 g/mol. The average molecular weight is 364 g/mol. The van der Waals surface area contributed by atoms with Crippen molar-refractivity contribution in [2.24, 2.45) is 5.92 Å². The van der Waals surface area contributed by atoms with E-state index < -0.39 is 23.8 Å². The van der Waals surface area contributed by atoms with Gasteiger partial charge in [0.1, 0.15) is 5.82 Å². The van der Waals surface area contributed by atoms with Gasteiger partial charge in [0.2, 0.25) is 0 Å². The Bertz CT molecular complexity index is 729. The largest absolute Gasteiger partial charge is 0.452 e. The van der Waals surface area contributed by atoms with E-state index in [9.17, 15) is 14.0 Å². The molecule has 0 bridgehead atoms. The van der Waals surface area contributed by atoms with Crippen LogP contribution in [0.1, 0.15) is 19.4 Å². The van der Waals surface area contributed by atoms with Gasteiger partial charge in [-0.05, 0) is 47.9 Å². The van der Waals surface area contributed by atoms with Crippen molar-refractivity contribution in [1.29, 1.82) is 0 Å². The molecule has 1 unspecified atom stereocenters. The highest BCUT2D eigenvalue weighted by atomic mass is 35.5. The topological polar surface area (TPSA) is 55.4 Å². The fourth-order valence-corrected chi connectivity index (χ4v) is 2.32. The van der Waals surface area contributed by atoms with E-state index in [4.69, 9.17) is 16.3 Å². The van der Waals surface area contributed by atoms with Crippen molar-refractivity contribution < 1.29 is 18.7 Å². The highest BCUT2D eigenvalue weighted by Gasteiger charge is 2.26. The molecule has 1 N–H and O–H groups in total. The zero-order chi connectivity index (χ0) is 18.4. The first kappa shape index (κ1) is 18.9. The lowest BCUT2D eigenvalue weighted by Gasteiger charge is -2.21. The average Bonchev–Trinajstić information content (AvgIpc) is 2.56. The summed E-state index contributed by atoms with van der Waals surface area (Å²) in [5.41, 5.74) is 1.18. The smallest absolute Gasteiger partial charge is 0.311 e. The second-order valence-electron chi connectivity index (χ2n) is 5.95. The summed E-state index contributed by atoms with van der Waals surface area (Å²) in [5, 5.41) is 3.21. The second-order valence-corrected chi connectivity index (χ2v) is 6.39. The molecule has 0 fully saturated rings. The molecule has 0 spiro atoms. The van der Waals surface area contributed by atoms with E-state index in [0.29, 0.717) is 10.7 Å². The lowest BCUT2D eigenvalue weighted by atomic mass is 10.1. The Morgan fingerprint density at radius 2 is 1.68 bits per heavy atom. The number of hydrogen-bond acceptors (Lipinski definition) is 3. The van der Waals surface area contributed by atoms with E-state index in [-0.39, 0.29) is 12.3 Å². The molecule has 2 aromatic carbocycles. The Hall–Kier alpha value is -2.40. The van der Waals surface area contributed by atoms with E-state index in [1.54, 1.807) is 38.1 Å². The molecule has 2 rings (SSSR count). The van der Waals surface area contributed by atoms with Gasteiger partial charge < -0.3 is 10.1 Å². The van der Waals surface area contributed by atoms with E-state index in [1.807, 2.05) is 0 Å². The Morgan fingerprint density at radius 3 is 2.24 bits per heavy atom. The molecule has 0 saturated heterocycles. The molecule has 1 amide bonds. The molecule has 0 saturated carbocycles. The zero-order valence-corrected chi connectivity index (χ0v) is 14.7. The fourth-order valence-electron chi connectivity index (χ4n) is 2.19. The number of nitrogens with one attached hydrogen (secondary N) is 1. The minimum atomic E-state index is -0.940. The lowest BCUT2D eigenvalue weighted by Crippen LogP contribution is -2.37. The molecular weight excluding hydrogens is 345 g/mol. The first-order valence-electron chi connectivity index (χ1n) is 7.85. The molecule has 0 aromatic heterocycles. The minimum Gasteiger partial charge on any atom is -0.452 e. The van der Waals surface area contributed by atoms with Crippen LogP contribution in [0.2, 0.25) is 5.02 Å². The summed E-state index contributed by atoms with van der Waals surface area (Å²) in [4.78, 5) is 24.5. The van der Waals surface area contributed by atoms with Crippen LogP contribution in [0.4, 0.5) is 10.1 Å². The lowest BCUT2D eigenvalue weighted by molar-refractivity contribution is -0.156. The molecule has 4 nitrogen and oxygen atoms in total. The van der Waals surface area contributed by atoms with Crippen LogP contribution in [0.15, 0.2) is 48.5 Å². The minimum absolute atomic E-state index is 0.0459. The van der Waals surface area contributed by atoms with Crippen molar-refractivity contribution in [2.45, 2.75) is 26.4 Å². The number of rotatable bonds is 6. The van der Waals surface area contributed by atoms with Gasteiger partial charge in [0.15, 0.2) is 6.10 Å². The summed E-state index contributed by atoms with van der Waals surface area (Å²) in [6.07, 6.45) is -0.894. The first-order valence-corrected chi connectivity index (χ1v) is 8.23. The molecule has 25 heavy (non-hydrogen) atoms. The van der Waals surface area contributed by atoms with Crippen LogP contribution < -0.4 is 5.32 Å². The molecule has 0 aliphatic carbocycles. The molecule has 0 radical (unpaired) electrons. The maximum Gasteiger partial charge on any atom is 0.311 e. The number of carbonyl (C=O) groups excluding carboxylic acids is 2.